The van der Waals surface area contributed by atoms with E-state index in [0.717, 1.165) is 4.90 Å². The van der Waals surface area contributed by atoms with Gasteiger partial charge in [0.05, 0.1) is 21.2 Å². The third-order valence-corrected chi connectivity index (χ3v) is 4.44. The van der Waals surface area contributed by atoms with E-state index >= 15 is 0 Å². The molecular weight excluding hydrogens is 370 g/mol. The smallest absolute Gasteiger partial charge is 0.262 e. The van der Waals surface area contributed by atoms with Gasteiger partial charge in [-0.1, -0.05) is 35.3 Å². The van der Waals surface area contributed by atoms with E-state index in [-0.39, 0.29) is 33.5 Å². The minimum atomic E-state index is -0.601. The number of imide groups is 1. The predicted molar refractivity (Wildman–Crippen MR) is 90.1 cm³/mol. The number of rotatable bonds is 4. The molecule has 0 aliphatic carbocycles. The largest absolute Gasteiger partial charge is 0.350 e. The number of halogens is 3. The van der Waals surface area contributed by atoms with Gasteiger partial charge in [0.25, 0.3) is 11.8 Å². The van der Waals surface area contributed by atoms with Crippen molar-refractivity contribution in [1.82, 2.24) is 10.2 Å². The maximum Gasteiger partial charge on any atom is 0.262 e. The van der Waals surface area contributed by atoms with Gasteiger partial charge in [-0.25, -0.2) is 4.39 Å². The van der Waals surface area contributed by atoms with Gasteiger partial charge in [-0.15, -0.1) is 0 Å². The normalized spacial score (nSPS) is 13.2. The van der Waals surface area contributed by atoms with Crippen molar-refractivity contribution in [3.63, 3.8) is 0 Å². The van der Waals surface area contributed by atoms with Crippen molar-refractivity contribution in [1.29, 1.82) is 0 Å². The zero-order valence-corrected chi connectivity index (χ0v) is 14.2. The van der Waals surface area contributed by atoms with Crippen LogP contribution in [0.2, 0.25) is 10.0 Å². The zero-order valence-electron chi connectivity index (χ0n) is 12.7. The maximum atomic E-state index is 12.8. The SMILES string of the molecule is O=C(CN1C(=O)c2cc(Cl)c(Cl)cc2C1=O)NCc1ccc(F)cc1. The Bertz CT molecular complexity index is 843. The molecule has 0 fully saturated rings. The van der Waals surface area contributed by atoms with E-state index in [1.54, 1.807) is 0 Å². The number of hydrogen-bond acceptors (Lipinski definition) is 3. The zero-order chi connectivity index (χ0) is 18.1. The van der Waals surface area contributed by atoms with Crippen molar-refractivity contribution in [2.75, 3.05) is 6.54 Å². The Balaban J connectivity index is 1.67. The monoisotopic (exact) mass is 380 g/mol. The minimum Gasteiger partial charge on any atom is -0.350 e. The molecule has 3 amide bonds. The van der Waals surface area contributed by atoms with Gasteiger partial charge < -0.3 is 5.32 Å². The lowest BCUT2D eigenvalue weighted by molar-refractivity contribution is -0.121. The van der Waals surface area contributed by atoms with E-state index in [1.807, 2.05) is 0 Å². The summed E-state index contributed by atoms with van der Waals surface area (Å²) in [5.74, 6) is -2.10. The van der Waals surface area contributed by atoms with Gasteiger partial charge >= 0.3 is 0 Å². The maximum absolute atomic E-state index is 12.8. The molecule has 1 aliphatic rings. The van der Waals surface area contributed by atoms with Crippen molar-refractivity contribution in [3.8, 4) is 0 Å². The summed E-state index contributed by atoms with van der Waals surface area (Å²) < 4.78 is 12.8. The topological polar surface area (TPSA) is 66.5 Å². The second-order valence-corrected chi connectivity index (χ2v) is 6.23. The first kappa shape index (κ1) is 17.4. The summed E-state index contributed by atoms with van der Waals surface area (Å²) in [6, 6.07) is 8.24. The van der Waals surface area contributed by atoms with Crippen molar-refractivity contribution in [3.05, 3.63) is 69.0 Å². The van der Waals surface area contributed by atoms with Crippen LogP contribution in [0, 0.1) is 5.82 Å². The Morgan fingerprint density at radius 1 is 1.00 bits per heavy atom. The first-order valence-electron chi connectivity index (χ1n) is 7.23. The molecule has 0 unspecified atom stereocenters. The molecule has 0 spiro atoms. The lowest BCUT2D eigenvalue weighted by atomic mass is 10.1. The molecule has 8 heteroatoms. The number of amides is 3. The summed E-state index contributed by atoms with van der Waals surface area (Å²) in [4.78, 5) is 37.5. The molecule has 2 aromatic rings. The molecule has 25 heavy (non-hydrogen) atoms. The molecule has 2 aromatic carbocycles. The molecule has 1 aliphatic heterocycles. The van der Waals surface area contributed by atoms with Crippen molar-refractivity contribution in [2.24, 2.45) is 0 Å². The van der Waals surface area contributed by atoms with E-state index in [4.69, 9.17) is 23.2 Å². The van der Waals surface area contributed by atoms with Crippen LogP contribution in [-0.2, 0) is 11.3 Å². The van der Waals surface area contributed by atoms with Crippen LogP contribution in [0.3, 0.4) is 0 Å². The van der Waals surface area contributed by atoms with Gasteiger partial charge in [0, 0.05) is 6.54 Å². The summed E-state index contributed by atoms with van der Waals surface area (Å²) in [7, 11) is 0. The molecule has 0 saturated carbocycles. The number of nitrogens with one attached hydrogen (secondary N) is 1. The third-order valence-electron chi connectivity index (χ3n) is 3.72. The van der Waals surface area contributed by atoms with Gasteiger partial charge in [-0.2, -0.15) is 0 Å². The van der Waals surface area contributed by atoms with Crippen LogP contribution in [0.1, 0.15) is 26.3 Å². The standard InChI is InChI=1S/C17H11Cl2FN2O3/c18-13-5-11-12(6-14(13)19)17(25)22(16(11)24)8-15(23)21-7-9-1-3-10(20)4-2-9/h1-6H,7-8H2,(H,21,23). The van der Waals surface area contributed by atoms with Crippen LogP contribution in [0.4, 0.5) is 4.39 Å². The van der Waals surface area contributed by atoms with Gasteiger partial charge in [-0.3, -0.25) is 19.3 Å². The summed E-state index contributed by atoms with van der Waals surface area (Å²) in [5.41, 5.74) is 0.923. The second-order valence-electron chi connectivity index (χ2n) is 5.41. The number of fused-ring (bicyclic) bond motifs is 1. The minimum absolute atomic E-state index is 0.116. The van der Waals surface area contributed by atoms with Gasteiger partial charge in [0.15, 0.2) is 0 Å². The quantitative estimate of drug-likeness (QED) is 0.828. The predicted octanol–water partition coefficient (Wildman–Crippen LogP) is 3.04. The summed E-state index contributed by atoms with van der Waals surface area (Å²) in [5, 5.41) is 2.89. The molecule has 0 radical (unpaired) electrons. The molecule has 5 nitrogen and oxygen atoms in total. The van der Waals surface area contributed by atoms with Crippen LogP contribution in [0.25, 0.3) is 0 Å². The molecular formula is C17H11Cl2FN2O3. The average Bonchev–Trinajstić information content (AvgIpc) is 2.80. The highest BCUT2D eigenvalue weighted by molar-refractivity contribution is 6.43. The van der Waals surface area contributed by atoms with Crippen LogP contribution < -0.4 is 5.32 Å². The lowest BCUT2D eigenvalue weighted by Gasteiger charge is -2.13. The molecule has 0 aromatic heterocycles. The highest BCUT2D eigenvalue weighted by Crippen LogP contribution is 2.31. The van der Waals surface area contributed by atoms with Crippen LogP contribution >= 0.6 is 23.2 Å². The molecule has 3 rings (SSSR count). The lowest BCUT2D eigenvalue weighted by Crippen LogP contribution is -2.40. The number of carbonyl (C=O) groups excluding carboxylic acids is 3. The Hall–Kier alpha value is -2.44. The number of carbonyl (C=O) groups is 3. The fourth-order valence-corrected chi connectivity index (χ4v) is 2.76. The van der Waals surface area contributed by atoms with Crippen LogP contribution in [-0.4, -0.2) is 29.2 Å². The van der Waals surface area contributed by atoms with Gasteiger partial charge in [0.1, 0.15) is 12.4 Å². The fourth-order valence-electron chi connectivity index (χ4n) is 2.43. The van der Waals surface area contributed by atoms with E-state index in [1.165, 1.54) is 36.4 Å². The Labute approximate surface area is 152 Å². The molecule has 0 bridgehead atoms. The van der Waals surface area contributed by atoms with Crippen LogP contribution in [0.5, 0.6) is 0 Å². The Kier molecular flexibility index (Phi) is 4.74. The molecule has 1 heterocycles. The van der Waals surface area contributed by atoms with E-state index in [2.05, 4.69) is 5.32 Å². The highest BCUT2D eigenvalue weighted by Gasteiger charge is 2.37. The third kappa shape index (κ3) is 3.50. The molecule has 1 N–H and O–H groups in total. The van der Waals surface area contributed by atoms with Gasteiger partial charge in [-0.05, 0) is 29.8 Å². The van der Waals surface area contributed by atoms with Crippen molar-refractivity contribution < 1.29 is 18.8 Å². The average molecular weight is 381 g/mol. The van der Waals surface area contributed by atoms with E-state index in [0.29, 0.717) is 5.56 Å². The Morgan fingerprint density at radius 3 is 2.04 bits per heavy atom. The van der Waals surface area contributed by atoms with Crippen LogP contribution in [0.15, 0.2) is 36.4 Å². The van der Waals surface area contributed by atoms with Crippen molar-refractivity contribution >= 4 is 40.9 Å². The van der Waals surface area contributed by atoms with E-state index in [9.17, 15) is 18.8 Å². The first-order valence-corrected chi connectivity index (χ1v) is 7.99. The fraction of sp³-hybridized carbons (Fsp3) is 0.118. The highest BCUT2D eigenvalue weighted by atomic mass is 35.5. The second kappa shape index (κ2) is 6.82. The molecule has 0 saturated heterocycles. The summed E-state index contributed by atoms with van der Waals surface area (Å²) in [6.45, 7) is -0.275. The number of benzene rings is 2. The first-order chi connectivity index (χ1) is 11.9. The number of hydrogen-bond donors (Lipinski definition) is 1. The molecule has 128 valence electrons. The van der Waals surface area contributed by atoms with Crippen molar-refractivity contribution in [2.45, 2.75) is 6.54 Å². The number of nitrogens with zero attached hydrogens (tertiary/aromatic N) is 1. The summed E-state index contributed by atoms with van der Waals surface area (Å²) >= 11 is 11.7. The van der Waals surface area contributed by atoms with Gasteiger partial charge in [0.2, 0.25) is 5.91 Å². The Morgan fingerprint density at radius 2 is 1.52 bits per heavy atom. The molecule has 0 atom stereocenters. The summed E-state index contributed by atoms with van der Waals surface area (Å²) in [6.07, 6.45) is 0. The van der Waals surface area contributed by atoms with E-state index < -0.39 is 24.3 Å².